The van der Waals surface area contributed by atoms with Gasteiger partial charge in [0.2, 0.25) is 11.8 Å². The summed E-state index contributed by atoms with van der Waals surface area (Å²) in [5.41, 5.74) is 0. The molecule has 0 spiro atoms. The summed E-state index contributed by atoms with van der Waals surface area (Å²) in [7, 11) is 0. The number of esters is 1. The predicted octanol–water partition coefficient (Wildman–Crippen LogP) is 4.12. The smallest absolute Gasteiger partial charge is 0.313 e. The van der Waals surface area contributed by atoms with Crippen LogP contribution in [-0.2, 0) is 14.4 Å². The van der Waals surface area contributed by atoms with Crippen LogP contribution in [0.1, 0.15) is 32.1 Å². The third-order valence-corrected chi connectivity index (χ3v) is 5.43. The molecule has 3 rings (SSSR count). The first kappa shape index (κ1) is 18.5. The van der Waals surface area contributed by atoms with Gasteiger partial charge in [0.25, 0.3) is 0 Å². The van der Waals surface area contributed by atoms with Crippen molar-refractivity contribution in [1.82, 2.24) is 4.90 Å². The average molecular weight is 405 g/mol. The number of fused-ring (bicyclic) bond motifs is 1. The molecule has 1 saturated heterocycles. The normalized spacial score (nSPS) is 22.9. The van der Waals surface area contributed by atoms with E-state index in [0.717, 1.165) is 25.7 Å². The number of hydrogen-bond donors (Lipinski definition) is 0. The Kier molecular flexibility index (Phi) is 5.56. The molecule has 134 valence electrons. The molecule has 2 aliphatic rings. The highest BCUT2D eigenvalue weighted by Gasteiger charge is 2.47. The Morgan fingerprint density at radius 2 is 1.56 bits per heavy atom. The van der Waals surface area contributed by atoms with Crippen LogP contribution in [0, 0.1) is 11.8 Å². The van der Waals surface area contributed by atoms with Crippen molar-refractivity contribution in [2.24, 2.45) is 11.8 Å². The Morgan fingerprint density at radius 1 is 1.04 bits per heavy atom. The van der Waals surface area contributed by atoms with Gasteiger partial charge in [0.1, 0.15) is 0 Å². The SMILES string of the molecule is O=C(CCN1C(=O)[C@H]2CCCC[C@H]2C1=O)Oc1c(Cl)cc(Cl)cc1Cl. The average Bonchev–Trinajstić information content (AvgIpc) is 2.81. The monoisotopic (exact) mass is 403 g/mol. The Balaban J connectivity index is 1.61. The highest BCUT2D eigenvalue weighted by Crippen LogP contribution is 2.38. The number of hydrogen-bond acceptors (Lipinski definition) is 4. The predicted molar refractivity (Wildman–Crippen MR) is 93.9 cm³/mol. The largest absolute Gasteiger partial charge is 0.423 e. The van der Waals surface area contributed by atoms with E-state index in [0.29, 0.717) is 5.02 Å². The second kappa shape index (κ2) is 7.52. The summed E-state index contributed by atoms with van der Waals surface area (Å²) in [6.45, 7) is 0.00628. The second-order valence-electron chi connectivity index (χ2n) is 6.25. The van der Waals surface area contributed by atoms with Crippen molar-refractivity contribution in [2.45, 2.75) is 32.1 Å². The maximum absolute atomic E-state index is 12.4. The fourth-order valence-corrected chi connectivity index (χ4v) is 4.34. The van der Waals surface area contributed by atoms with Crippen LogP contribution in [0.4, 0.5) is 0 Å². The van der Waals surface area contributed by atoms with Crippen LogP contribution in [0.3, 0.4) is 0 Å². The maximum atomic E-state index is 12.4. The molecule has 5 nitrogen and oxygen atoms in total. The molecule has 2 atom stereocenters. The van der Waals surface area contributed by atoms with Crippen LogP contribution in [0.15, 0.2) is 12.1 Å². The molecular weight excluding hydrogens is 389 g/mol. The van der Waals surface area contributed by atoms with Crippen molar-refractivity contribution >= 4 is 52.6 Å². The number of imide groups is 1. The lowest BCUT2D eigenvalue weighted by atomic mass is 9.81. The summed E-state index contributed by atoms with van der Waals surface area (Å²) in [6, 6.07) is 2.83. The maximum Gasteiger partial charge on any atom is 0.313 e. The number of carbonyl (C=O) groups is 3. The molecule has 25 heavy (non-hydrogen) atoms. The van der Waals surface area contributed by atoms with E-state index in [4.69, 9.17) is 39.5 Å². The molecule has 1 aromatic rings. The topological polar surface area (TPSA) is 63.7 Å². The van der Waals surface area contributed by atoms with Crippen molar-refractivity contribution in [2.75, 3.05) is 6.54 Å². The molecule has 2 amide bonds. The fraction of sp³-hybridized carbons (Fsp3) is 0.471. The van der Waals surface area contributed by atoms with E-state index in [9.17, 15) is 14.4 Å². The zero-order valence-corrected chi connectivity index (χ0v) is 15.5. The first-order valence-electron chi connectivity index (χ1n) is 8.09. The number of rotatable bonds is 4. The van der Waals surface area contributed by atoms with E-state index in [1.54, 1.807) is 0 Å². The summed E-state index contributed by atoms with van der Waals surface area (Å²) < 4.78 is 5.17. The van der Waals surface area contributed by atoms with Gasteiger partial charge in [0.05, 0.1) is 28.3 Å². The quantitative estimate of drug-likeness (QED) is 0.430. The van der Waals surface area contributed by atoms with Gasteiger partial charge in [-0.05, 0) is 25.0 Å². The minimum atomic E-state index is -0.624. The van der Waals surface area contributed by atoms with E-state index in [2.05, 4.69) is 0 Å². The highest BCUT2D eigenvalue weighted by atomic mass is 35.5. The summed E-state index contributed by atoms with van der Waals surface area (Å²) in [4.78, 5) is 38.0. The van der Waals surface area contributed by atoms with Crippen LogP contribution in [0.2, 0.25) is 15.1 Å². The van der Waals surface area contributed by atoms with E-state index < -0.39 is 5.97 Å². The van der Waals surface area contributed by atoms with Crippen LogP contribution in [-0.4, -0.2) is 29.2 Å². The minimum absolute atomic E-state index is 0.00628. The van der Waals surface area contributed by atoms with Crippen LogP contribution in [0.25, 0.3) is 0 Å². The Labute approximate surface area is 160 Å². The molecule has 1 aliphatic heterocycles. The van der Waals surface area contributed by atoms with Crippen LogP contribution < -0.4 is 4.74 Å². The number of amides is 2. The van der Waals surface area contributed by atoms with Gasteiger partial charge < -0.3 is 4.74 Å². The first-order chi connectivity index (χ1) is 11.9. The van der Waals surface area contributed by atoms with Crippen molar-refractivity contribution in [3.05, 3.63) is 27.2 Å². The summed E-state index contributed by atoms with van der Waals surface area (Å²) in [5.74, 6) is -1.41. The van der Waals surface area contributed by atoms with Gasteiger partial charge in [0, 0.05) is 11.6 Å². The van der Waals surface area contributed by atoms with Crippen molar-refractivity contribution in [1.29, 1.82) is 0 Å². The lowest BCUT2D eigenvalue weighted by Gasteiger charge is -2.19. The van der Waals surface area contributed by atoms with Crippen molar-refractivity contribution in [3.63, 3.8) is 0 Å². The molecular formula is C17H16Cl3NO4. The molecule has 1 saturated carbocycles. The Morgan fingerprint density at radius 3 is 2.08 bits per heavy atom. The molecule has 1 aliphatic carbocycles. The van der Waals surface area contributed by atoms with Gasteiger partial charge >= 0.3 is 5.97 Å². The van der Waals surface area contributed by atoms with Crippen LogP contribution >= 0.6 is 34.8 Å². The van der Waals surface area contributed by atoms with Crippen molar-refractivity contribution in [3.8, 4) is 5.75 Å². The summed E-state index contributed by atoms with van der Waals surface area (Å²) in [6.07, 6.45) is 3.29. The lowest BCUT2D eigenvalue weighted by Crippen LogP contribution is -2.33. The number of likely N-dealkylation sites (tertiary alicyclic amines) is 1. The summed E-state index contributed by atoms with van der Waals surface area (Å²) in [5, 5.41) is 0.557. The molecule has 0 bridgehead atoms. The summed E-state index contributed by atoms with van der Waals surface area (Å²) >= 11 is 17.7. The van der Waals surface area contributed by atoms with Gasteiger partial charge in [-0.25, -0.2) is 0 Å². The molecule has 0 unspecified atom stereocenters. The second-order valence-corrected chi connectivity index (χ2v) is 7.50. The number of benzene rings is 1. The fourth-order valence-electron chi connectivity index (χ4n) is 3.45. The van der Waals surface area contributed by atoms with Gasteiger partial charge in [-0.15, -0.1) is 0 Å². The van der Waals surface area contributed by atoms with Gasteiger partial charge in [-0.3, -0.25) is 19.3 Å². The zero-order chi connectivity index (χ0) is 18.1. The third kappa shape index (κ3) is 3.78. The minimum Gasteiger partial charge on any atom is -0.423 e. The van der Waals surface area contributed by atoms with Gasteiger partial charge in [-0.1, -0.05) is 47.6 Å². The van der Waals surface area contributed by atoms with Crippen molar-refractivity contribution < 1.29 is 19.1 Å². The van der Waals surface area contributed by atoms with Gasteiger partial charge in [-0.2, -0.15) is 0 Å². The standard InChI is InChI=1S/C17H16Cl3NO4/c18-9-7-12(19)15(13(20)8-9)25-14(22)5-6-21-16(23)10-3-1-2-4-11(10)17(21)24/h7-8,10-11H,1-6H2/t10-,11+. The molecule has 8 heteroatoms. The molecule has 0 aromatic heterocycles. The van der Waals surface area contributed by atoms with E-state index in [1.165, 1.54) is 17.0 Å². The van der Waals surface area contributed by atoms with E-state index >= 15 is 0 Å². The number of carbonyl (C=O) groups excluding carboxylic acids is 3. The molecule has 0 N–H and O–H groups in total. The molecule has 0 radical (unpaired) electrons. The van der Waals surface area contributed by atoms with Gasteiger partial charge in [0.15, 0.2) is 5.75 Å². The lowest BCUT2D eigenvalue weighted by molar-refractivity contribution is -0.141. The zero-order valence-electron chi connectivity index (χ0n) is 13.3. The Hall–Kier alpha value is -1.30. The van der Waals surface area contributed by atoms with E-state index in [1.807, 2.05) is 0 Å². The number of nitrogens with zero attached hydrogens (tertiary/aromatic N) is 1. The highest BCUT2D eigenvalue weighted by molar-refractivity contribution is 6.40. The molecule has 1 aromatic carbocycles. The molecule has 2 fully saturated rings. The molecule has 1 heterocycles. The first-order valence-corrected chi connectivity index (χ1v) is 9.22. The Bertz CT molecular complexity index is 690. The number of halogens is 3. The van der Waals surface area contributed by atoms with E-state index in [-0.39, 0.29) is 52.4 Å². The third-order valence-electron chi connectivity index (χ3n) is 4.65. The number of ether oxygens (including phenoxy) is 1. The van der Waals surface area contributed by atoms with Crippen LogP contribution in [0.5, 0.6) is 5.75 Å².